The first-order valence-corrected chi connectivity index (χ1v) is 6.33. The van der Waals surface area contributed by atoms with Crippen LogP contribution >= 0.6 is 0 Å². The summed E-state index contributed by atoms with van der Waals surface area (Å²) in [5.74, 6) is 0. The molecule has 0 heterocycles. The monoisotopic (exact) mass is 245 g/mol. The highest BCUT2D eigenvalue weighted by Crippen LogP contribution is 2.06. The lowest BCUT2D eigenvalue weighted by Gasteiger charge is -2.19. The molecule has 0 unspecified atom stereocenters. The first kappa shape index (κ1) is 16.2. The largest absolute Gasteiger partial charge is 0.444 e. The molecule has 0 spiro atoms. The van der Waals surface area contributed by atoms with Gasteiger partial charge in [0.25, 0.3) is 0 Å². The first-order valence-electron chi connectivity index (χ1n) is 6.33. The van der Waals surface area contributed by atoms with E-state index in [0.717, 1.165) is 38.9 Å². The zero-order valence-electron chi connectivity index (χ0n) is 11.3. The number of hydrogen-bond acceptors (Lipinski definition) is 4. The molecule has 5 heteroatoms. The average Bonchev–Trinajstić information content (AvgIpc) is 2.19. The second kappa shape index (κ2) is 9.24. The Labute approximate surface area is 104 Å². The summed E-state index contributed by atoms with van der Waals surface area (Å²) in [6, 6.07) is 0. The van der Waals surface area contributed by atoms with E-state index in [1.54, 1.807) is 0 Å². The Morgan fingerprint density at radius 2 is 1.76 bits per heavy atom. The van der Waals surface area contributed by atoms with Crippen LogP contribution in [0.15, 0.2) is 0 Å². The third kappa shape index (κ3) is 13.1. The minimum Gasteiger partial charge on any atom is -0.444 e. The molecule has 4 N–H and O–H groups in total. The molecule has 5 nitrogen and oxygen atoms in total. The number of amides is 1. The summed E-state index contributed by atoms with van der Waals surface area (Å²) in [5, 5.41) is 6.01. The lowest BCUT2D eigenvalue weighted by molar-refractivity contribution is 0.0527. The van der Waals surface area contributed by atoms with Gasteiger partial charge in [-0.25, -0.2) is 4.79 Å². The van der Waals surface area contributed by atoms with Crippen LogP contribution in [0.2, 0.25) is 0 Å². The van der Waals surface area contributed by atoms with Crippen molar-refractivity contribution < 1.29 is 9.53 Å². The van der Waals surface area contributed by atoms with Gasteiger partial charge in [0.15, 0.2) is 0 Å². The van der Waals surface area contributed by atoms with Crippen LogP contribution in [0.4, 0.5) is 4.79 Å². The highest BCUT2D eigenvalue weighted by atomic mass is 16.6. The highest BCUT2D eigenvalue weighted by Gasteiger charge is 2.15. The van der Waals surface area contributed by atoms with Crippen LogP contribution in [0.3, 0.4) is 0 Å². The molecule has 0 saturated carbocycles. The fourth-order valence-electron chi connectivity index (χ4n) is 1.24. The summed E-state index contributed by atoms with van der Waals surface area (Å²) in [4.78, 5) is 11.3. The Hall–Kier alpha value is -0.810. The van der Waals surface area contributed by atoms with Gasteiger partial charge in [0.1, 0.15) is 5.60 Å². The fraction of sp³-hybridized carbons (Fsp3) is 0.917. The number of carbonyl (C=O) groups excluding carboxylic acids is 1. The van der Waals surface area contributed by atoms with E-state index in [1.807, 2.05) is 20.8 Å². The Kier molecular flexibility index (Phi) is 8.80. The molecular formula is C12H27N3O2. The zero-order chi connectivity index (χ0) is 13.1. The molecule has 0 aromatic rings. The Morgan fingerprint density at radius 3 is 2.35 bits per heavy atom. The minimum atomic E-state index is -0.426. The van der Waals surface area contributed by atoms with E-state index >= 15 is 0 Å². The number of carbonyl (C=O) groups is 1. The molecule has 0 radical (unpaired) electrons. The molecule has 102 valence electrons. The topological polar surface area (TPSA) is 76.4 Å². The predicted octanol–water partition coefficient (Wildman–Crippen LogP) is 1.23. The van der Waals surface area contributed by atoms with E-state index in [4.69, 9.17) is 10.5 Å². The number of nitrogens with two attached hydrogens (primary N) is 1. The van der Waals surface area contributed by atoms with E-state index in [1.165, 1.54) is 0 Å². The van der Waals surface area contributed by atoms with Crippen LogP contribution in [0.1, 0.15) is 40.0 Å². The smallest absolute Gasteiger partial charge is 0.407 e. The molecule has 0 fully saturated rings. The van der Waals surface area contributed by atoms with Crippen molar-refractivity contribution >= 4 is 6.09 Å². The van der Waals surface area contributed by atoms with Gasteiger partial charge >= 0.3 is 6.09 Å². The van der Waals surface area contributed by atoms with Gasteiger partial charge in [0, 0.05) is 6.54 Å². The quantitative estimate of drug-likeness (QED) is 0.562. The van der Waals surface area contributed by atoms with Gasteiger partial charge in [0.2, 0.25) is 0 Å². The molecular weight excluding hydrogens is 218 g/mol. The fourth-order valence-corrected chi connectivity index (χ4v) is 1.24. The van der Waals surface area contributed by atoms with Gasteiger partial charge in [-0.3, -0.25) is 0 Å². The molecule has 0 aliphatic heterocycles. The molecule has 17 heavy (non-hydrogen) atoms. The number of unbranched alkanes of at least 4 members (excludes halogenated alkanes) is 1. The van der Waals surface area contributed by atoms with Gasteiger partial charge in [-0.05, 0) is 59.7 Å². The zero-order valence-corrected chi connectivity index (χ0v) is 11.3. The van der Waals surface area contributed by atoms with Gasteiger partial charge in [0.05, 0.1) is 0 Å². The van der Waals surface area contributed by atoms with Crippen molar-refractivity contribution in [3.8, 4) is 0 Å². The molecule has 0 aliphatic carbocycles. The summed E-state index contributed by atoms with van der Waals surface area (Å²) in [6.07, 6.45) is 2.72. The van der Waals surface area contributed by atoms with Crippen molar-refractivity contribution in [1.82, 2.24) is 10.6 Å². The maximum atomic E-state index is 11.3. The van der Waals surface area contributed by atoms with E-state index < -0.39 is 5.60 Å². The predicted molar refractivity (Wildman–Crippen MR) is 70.0 cm³/mol. The molecule has 0 aliphatic rings. The number of alkyl carbamates (subject to hydrolysis) is 1. The molecule has 0 aromatic carbocycles. The van der Waals surface area contributed by atoms with Gasteiger partial charge in [-0.15, -0.1) is 0 Å². The van der Waals surface area contributed by atoms with Gasteiger partial charge in [-0.2, -0.15) is 0 Å². The normalized spacial score (nSPS) is 11.3. The molecule has 0 rings (SSSR count). The lowest BCUT2D eigenvalue weighted by atomic mass is 10.2. The van der Waals surface area contributed by atoms with Crippen molar-refractivity contribution in [2.75, 3.05) is 26.2 Å². The lowest BCUT2D eigenvalue weighted by Crippen LogP contribution is -2.34. The summed E-state index contributed by atoms with van der Waals surface area (Å²) in [7, 11) is 0. The summed E-state index contributed by atoms with van der Waals surface area (Å²) in [6.45, 7) is 8.84. The maximum absolute atomic E-state index is 11.3. The van der Waals surface area contributed by atoms with E-state index in [0.29, 0.717) is 6.54 Å². The standard InChI is InChI=1S/C12H27N3O2/c1-12(2,3)17-11(16)15-10-6-9-14-8-5-4-7-13/h14H,4-10,13H2,1-3H3,(H,15,16). The second-order valence-electron chi connectivity index (χ2n) is 5.03. The van der Waals surface area contributed by atoms with Gasteiger partial charge < -0.3 is 21.1 Å². The second-order valence-corrected chi connectivity index (χ2v) is 5.03. The average molecular weight is 245 g/mol. The van der Waals surface area contributed by atoms with Crippen molar-refractivity contribution in [3.05, 3.63) is 0 Å². The summed E-state index contributed by atoms with van der Waals surface area (Å²) in [5.41, 5.74) is 4.96. The molecule has 0 saturated heterocycles. The molecule has 0 bridgehead atoms. The molecule has 1 amide bonds. The van der Waals surface area contributed by atoms with Crippen molar-refractivity contribution in [3.63, 3.8) is 0 Å². The van der Waals surface area contributed by atoms with Crippen LogP contribution in [0.25, 0.3) is 0 Å². The van der Waals surface area contributed by atoms with Crippen LogP contribution < -0.4 is 16.4 Å². The first-order chi connectivity index (χ1) is 7.95. The third-order valence-corrected chi connectivity index (χ3v) is 2.01. The Balaban J connectivity index is 3.25. The highest BCUT2D eigenvalue weighted by molar-refractivity contribution is 5.67. The van der Waals surface area contributed by atoms with Crippen LogP contribution in [-0.4, -0.2) is 37.9 Å². The number of hydrogen-bond donors (Lipinski definition) is 3. The number of rotatable bonds is 8. The molecule has 0 aromatic heterocycles. The van der Waals surface area contributed by atoms with Gasteiger partial charge in [-0.1, -0.05) is 0 Å². The Morgan fingerprint density at radius 1 is 1.12 bits per heavy atom. The van der Waals surface area contributed by atoms with Crippen molar-refractivity contribution in [2.24, 2.45) is 5.73 Å². The van der Waals surface area contributed by atoms with E-state index in [-0.39, 0.29) is 6.09 Å². The summed E-state index contributed by atoms with van der Waals surface area (Å²) >= 11 is 0. The third-order valence-electron chi connectivity index (χ3n) is 2.01. The number of nitrogens with one attached hydrogen (secondary N) is 2. The molecule has 0 atom stereocenters. The Bertz CT molecular complexity index is 202. The van der Waals surface area contributed by atoms with Crippen LogP contribution in [0.5, 0.6) is 0 Å². The van der Waals surface area contributed by atoms with Crippen molar-refractivity contribution in [1.29, 1.82) is 0 Å². The van der Waals surface area contributed by atoms with E-state index in [9.17, 15) is 4.79 Å². The SMILES string of the molecule is CC(C)(C)OC(=O)NCCCNCCCCN. The summed E-state index contributed by atoms with van der Waals surface area (Å²) < 4.78 is 5.11. The van der Waals surface area contributed by atoms with Crippen molar-refractivity contribution in [2.45, 2.75) is 45.6 Å². The van der Waals surface area contributed by atoms with Crippen LogP contribution in [-0.2, 0) is 4.74 Å². The minimum absolute atomic E-state index is 0.347. The number of ether oxygens (including phenoxy) is 1. The maximum Gasteiger partial charge on any atom is 0.407 e. The van der Waals surface area contributed by atoms with Crippen LogP contribution in [0, 0.1) is 0 Å². The van der Waals surface area contributed by atoms with E-state index in [2.05, 4.69) is 10.6 Å².